The first-order valence-electron chi connectivity index (χ1n) is 7.87. The Balaban J connectivity index is 2.06. The Labute approximate surface area is 156 Å². The van der Waals surface area contributed by atoms with Gasteiger partial charge in [-0.2, -0.15) is 13.2 Å². The van der Waals surface area contributed by atoms with Crippen molar-refractivity contribution in [1.29, 1.82) is 0 Å². The Morgan fingerprint density at radius 3 is 2.35 bits per heavy atom. The molecule has 1 heterocycles. The summed E-state index contributed by atoms with van der Waals surface area (Å²) < 4.78 is 39.6. The number of hydrogen-bond acceptors (Lipinski definition) is 3. The van der Waals surface area contributed by atoms with Gasteiger partial charge in [-0.15, -0.1) is 0 Å². The first-order chi connectivity index (χ1) is 12.0. The topological polar surface area (TPSA) is 89.9 Å². The Kier molecular flexibility index (Phi) is 6.05. The number of nitrogens with one attached hydrogen (secondary N) is 1. The molecule has 1 aromatic carbocycles. The molecule has 0 aromatic heterocycles. The first-order valence-corrected chi connectivity index (χ1v) is 8.66. The highest BCUT2D eigenvalue weighted by Crippen LogP contribution is 2.38. The summed E-state index contributed by atoms with van der Waals surface area (Å²) in [6.07, 6.45) is -5.29. The molecule has 0 atom stereocenters. The van der Waals surface area contributed by atoms with Crippen LogP contribution in [0.4, 0.5) is 23.7 Å². The summed E-state index contributed by atoms with van der Waals surface area (Å²) in [6, 6.07) is 3.71. The van der Waals surface area contributed by atoms with Gasteiger partial charge in [0.2, 0.25) is 0 Å². The zero-order chi connectivity index (χ0) is 19.5. The van der Waals surface area contributed by atoms with Crippen LogP contribution in [0.5, 0.6) is 0 Å². The van der Waals surface area contributed by atoms with Crippen molar-refractivity contribution >= 4 is 33.7 Å². The van der Waals surface area contributed by atoms with E-state index in [1.54, 1.807) is 0 Å². The van der Waals surface area contributed by atoms with Gasteiger partial charge < -0.3 is 20.4 Å². The fourth-order valence-corrected chi connectivity index (χ4v) is 3.40. The molecule has 1 aliphatic heterocycles. The zero-order valence-electron chi connectivity index (χ0n) is 13.6. The number of aliphatic carboxylic acids is 1. The van der Waals surface area contributed by atoms with Gasteiger partial charge in [-0.3, -0.25) is 4.79 Å². The van der Waals surface area contributed by atoms with Crippen molar-refractivity contribution < 1.29 is 33.0 Å². The molecule has 0 spiro atoms. The number of carbonyl (C=O) groups is 2. The third-order valence-corrected chi connectivity index (χ3v) is 5.14. The molecule has 1 fully saturated rings. The molecule has 144 valence electrons. The first kappa shape index (κ1) is 20.3. The molecular formula is C16H18BrF3N2O4. The minimum atomic E-state index is -4.54. The van der Waals surface area contributed by atoms with Crippen molar-refractivity contribution in [3.8, 4) is 0 Å². The van der Waals surface area contributed by atoms with Gasteiger partial charge in [-0.25, -0.2) is 4.79 Å². The van der Waals surface area contributed by atoms with E-state index in [0.717, 1.165) is 11.0 Å². The Morgan fingerprint density at radius 1 is 1.23 bits per heavy atom. The minimum absolute atomic E-state index is 0.0318. The van der Waals surface area contributed by atoms with Gasteiger partial charge >= 0.3 is 18.2 Å². The molecule has 0 saturated carbocycles. The van der Waals surface area contributed by atoms with Gasteiger partial charge in [-0.1, -0.05) is 15.9 Å². The fourth-order valence-electron chi connectivity index (χ4n) is 3.04. The molecule has 0 unspecified atom stereocenters. The second kappa shape index (κ2) is 7.73. The van der Waals surface area contributed by atoms with E-state index in [2.05, 4.69) is 21.2 Å². The van der Waals surface area contributed by atoms with Crippen LogP contribution in [-0.2, 0) is 11.0 Å². The maximum atomic E-state index is 13.1. The lowest BCUT2D eigenvalue weighted by atomic mass is 9.75. The van der Waals surface area contributed by atoms with Crippen molar-refractivity contribution in [3.05, 3.63) is 28.2 Å². The Hall–Kier alpha value is -1.97. The molecule has 0 radical (unpaired) electrons. The largest absolute Gasteiger partial charge is 0.481 e. The lowest BCUT2D eigenvalue weighted by molar-refractivity contribution is -0.152. The highest BCUT2D eigenvalue weighted by molar-refractivity contribution is 9.10. The van der Waals surface area contributed by atoms with Crippen LogP contribution in [0.15, 0.2) is 22.7 Å². The van der Waals surface area contributed by atoms with Crippen molar-refractivity contribution in [1.82, 2.24) is 4.90 Å². The number of rotatable bonds is 5. The second-order valence-corrected chi connectivity index (χ2v) is 7.14. The summed E-state index contributed by atoms with van der Waals surface area (Å²) in [4.78, 5) is 23.8. The predicted molar refractivity (Wildman–Crippen MR) is 91.2 cm³/mol. The van der Waals surface area contributed by atoms with Crippen molar-refractivity contribution in [2.75, 3.05) is 25.0 Å². The van der Waals surface area contributed by atoms with E-state index in [9.17, 15) is 27.9 Å². The second-order valence-electron chi connectivity index (χ2n) is 6.22. The smallest absolute Gasteiger partial charge is 0.418 e. The molecule has 26 heavy (non-hydrogen) atoms. The zero-order valence-corrected chi connectivity index (χ0v) is 15.2. The normalized spacial score (nSPS) is 17.0. The number of halogens is 4. The van der Waals surface area contributed by atoms with Gasteiger partial charge in [0.15, 0.2) is 0 Å². The SMILES string of the molecule is O=C(O)N1CCC(CCNc2ccc(Br)cc2C(F)(F)F)(C(=O)O)CC1. The number of likely N-dealkylation sites (tertiary alicyclic amines) is 1. The summed E-state index contributed by atoms with van der Waals surface area (Å²) in [7, 11) is 0. The Morgan fingerprint density at radius 2 is 1.85 bits per heavy atom. The number of piperidine rings is 1. The monoisotopic (exact) mass is 438 g/mol. The number of amides is 1. The molecule has 1 amide bonds. The van der Waals surface area contributed by atoms with Crippen molar-refractivity contribution in [3.63, 3.8) is 0 Å². The summed E-state index contributed by atoms with van der Waals surface area (Å²) in [6.45, 7) is 0.214. The standard InChI is InChI=1S/C16H18BrF3N2O4/c17-10-1-2-12(11(9-10)16(18,19)20)21-6-3-15(13(23)24)4-7-22(8-5-15)14(25)26/h1-2,9,21H,3-8H2,(H,23,24)(H,25,26). The lowest BCUT2D eigenvalue weighted by Crippen LogP contribution is -2.46. The van der Waals surface area contributed by atoms with E-state index in [1.165, 1.54) is 12.1 Å². The average Bonchev–Trinajstić information content (AvgIpc) is 2.55. The van der Waals surface area contributed by atoms with Crippen LogP contribution < -0.4 is 5.32 Å². The number of benzene rings is 1. The van der Waals surface area contributed by atoms with Crippen LogP contribution in [0.2, 0.25) is 0 Å². The van der Waals surface area contributed by atoms with Gasteiger partial charge in [0.1, 0.15) is 0 Å². The van der Waals surface area contributed by atoms with Gasteiger partial charge in [0.25, 0.3) is 0 Å². The number of nitrogens with zero attached hydrogens (tertiary/aromatic N) is 1. The molecule has 1 aliphatic rings. The molecule has 1 aromatic rings. The van der Waals surface area contributed by atoms with Crippen molar-refractivity contribution in [2.45, 2.75) is 25.4 Å². The van der Waals surface area contributed by atoms with Gasteiger partial charge in [0, 0.05) is 29.8 Å². The fraction of sp³-hybridized carbons (Fsp3) is 0.500. The average molecular weight is 439 g/mol. The number of alkyl halides is 3. The van der Waals surface area contributed by atoms with E-state index in [-0.39, 0.29) is 44.6 Å². The summed E-state index contributed by atoms with van der Waals surface area (Å²) >= 11 is 3.01. The maximum Gasteiger partial charge on any atom is 0.418 e. The maximum absolute atomic E-state index is 13.1. The molecule has 0 aliphatic carbocycles. The summed E-state index contributed by atoms with van der Waals surface area (Å²) in [5, 5.41) is 21.2. The molecule has 0 bridgehead atoms. The molecule has 6 nitrogen and oxygen atoms in total. The van der Waals surface area contributed by atoms with Gasteiger partial charge in [-0.05, 0) is 37.5 Å². The summed E-state index contributed by atoms with van der Waals surface area (Å²) in [5.74, 6) is -1.06. The van der Waals surface area contributed by atoms with Crippen LogP contribution in [0.25, 0.3) is 0 Å². The number of carboxylic acids is 1. The number of carboxylic acid groups (broad SMARTS) is 2. The summed E-state index contributed by atoms with van der Waals surface area (Å²) in [5.41, 5.74) is -2.10. The lowest BCUT2D eigenvalue weighted by Gasteiger charge is -2.37. The van der Waals surface area contributed by atoms with E-state index < -0.39 is 29.2 Å². The third kappa shape index (κ3) is 4.60. The molecular weight excluding hydrogens is 421 g/mol. The van der Waals surface area contributed by atoms with Crippen molar-refractivity contribution in [2.24, 2.45) is 5.41 Å². The van der Waals surface area contributed by atoms with E-state index in [4.69, 9.17) is 5.11 Å². The van der Waals surface area contributed by atoms with E-state index in [0.29, 0.717) is 4.47 Å². The minimum Gasteiger partial charge on any atom is -0.481 e. The molecule has 3 N–H and O–H groups in total. The number of anilines is 1. The number of hydrogen-bond donors (Lipinski definition) is 3. The molecule has 10 heteroatoms. The van der Waals surface area contributed by atoms with E-state index >= 15 is 0 Å². The van der Waals surface area contributed by atoms with Crippen LogP contribution in [0.1, 0.15) is 24.8 Å². The third-order valence-electron chi connectivity index (χ3n) is 4.65. The van der Waals surface area contributed by atoms with Crippen LogP contribution in [-0.4, -0.2) is 46.8 Å². The molecule has 2 rings (SSSR count). The van der Waals surface area contributed by atoms with E-state index in [1.807, 2.05) is 0 Å². The van der Waals surface area contributed by atoms with Crippen LogP contribution in [0.3, 0.4) is 0 Å². The molecule has 1 saturated heterocycles. The quantitative estimate of drug-likeness (QED) is 0.643. The van der Waals surface area contributed by atoms with Crippen LogP contribution >= 0.6 is 15.9 Å². The Bertz CT molecular complexity index is 689. The van der Waals surface area contributed by atoms with Gasteiger partial charge in [0.05, 0.1) is 11.0 Å². The highest BCUT2D eigenvalue weighted by Gasteiger charge is 2.42. The highest BCUT2D eigenvalue weighted by atomic mass is 79.9. The van der Waals surface area contributed by atoms with Crippen LogP contribution in [0, 0.1) is 5.41 Å². The predicted octanol–water partition coefficient (Wildman–Crippen LogP) is 4.11.